The fraction of sp³-hybridized carbons (Fsp3) is 0.600. The van der Waals surface area contributed by atoms with E-state index in [4.69, 9.17) is 9.47 Å². The third-order valence-corrected chi connectivity index (χ3v) is 5.18. The van der Waals surface area contributed by atoms with E-state index in [1.54, 1.807) is 25.3 Å². The minimum absolute atomic E-state index is 0.212. The molecule has 1 heterocycles. The topological polar surface area (TPSA) is 76.7 Å². The maximum atomic E-state index is 12.5. The van der Waals surface area contributed by atoms with E-state index >= 15 is 0 Å². The van der Waals surface area contributed by atoms with Crippen LogP contribution in [0, 0.1) is 0 Å². The summed E-state index contributed by atoms with van der Waals surface area (Å²) in [5.74, 6) is 0.552. The normalized spacial score (nSPS) is 21.9. The Morgan fingerprint density at radius 3 is 2.86 bits per heavy atom. The Balaban J connectivity index is 2.08. The summed E-state index contributed by atoms with van der Waals surface area (Å²) in [6.07, 6.45) is 1.91. The summed E-state index contributed by atoms with van der Waals surface area (Å²) < 4.78 is 38.2. The fourth-order valence-electron chi connectivity index (χ4n) is 2.68. The van der Waals surface area contributed by atoms with Crippen LogP contribution in [0.2, 0.25) is 0 Å². The molecular weight excluding hydrogens is 304 g/mol. The van der Waals surface area contributed by atoms with Crippen molar-refractivity contribution in [1.29, 1.82) is 0 Å². The van der Waals surface area contributed by atoms with Gasteiger partial charge in [0, 0.05) is 19.7 Å². The van der Waals surface area contributed by atoms with E-state index in [-0.39, 0.29) is 10.4 Å². The van der Waals surface area contributed by atoms with Gasteiger partial charge in [-0.25, -0.2) is 13.1 Å². The quantitative estimate of drug-likeness (QED) is 0.748. The zero-order valence-corrected chi connectivity index (χ0v) is 13.9. The molecule has 1 aliphatic heterocycles. The summed E-state index contributed by atoms with van der Waals surface area (Å²) in [6.45, 7) is 4.03. The lowest BCUT2D eigenvalue weighted by Crippen LogP contribution is -2.52. The first-order chi connectivity index (χ1) is 10.5. The number of sulfonamides is 1. The summed E-state index contributed by atoms with van der Waals surface area (Å²) in [5, 5.41) is 3.35. The molecule has 0 aromatic heterocycles. The predicted molar refractivity (Wildman–Crippen MR) is 84.6 cm³/mol. The summed E-state index contributed by atoms with van der Waals surface area (Å²) in [5.41, 5.74) is -0.320. The largest absolute Gasteiger partial charge is 0.494 e. The molecule has 2 rings (SSSR count). The number of hydrogen-bond acceptors (Lipinski definition) is 5. The summed E-state index contributed by atoms with van der Waals surface area (Å²) >= 11 is 0. The summed E-state index contributed by atoms with van der Waals surface area (Å²) in [6, 6.07) is 6.53. The van der Waals surface area contributed by atoms with Crippen molar-refractivity contribution >= 4 is 10.0 Å². The van der Waals surface area contributed by atoms with Gasteiger partial charge in [0.25, 0.3) is 0 Å². The minimum Gasteiger partial charge on any atom is -0.494 e. The molecule has 7 heteroatoms. The zero-order valence-electron chi connectivity index (χ0n) is 13.1. The highest BCUT2D eigenvalue weighted by Gasteiger charge is 2.34. The molecule has 1 atom stereocenters. The molecular formula is C15H24N2O4S. The molecule has 1 aliphatic rings. The van der Waals surface area contributed by atoms with Gasteiger partial charge in [0.2, 0.25) is 10.0 Å². The smallest absolute Gasteiger partial charge is 0.240 e. The van der Waals surface area contributed by atoms with Crippen LogP contribution in [0.25, 0.3) is 0 Å². The maximum absolute atomic E-state index is 12.5. The van der Waals surface area contributed by atoms with Crippen LogP contribution in [0.1, 0.15) is 19.8 Å². The van der Waals surface area contributed by atoms with Crippen molar-refractivity contribution in [3.63, 3.8) is 0 Å². The van der Waals surface area contributed by atoms with Gasteiger partial charge in [-0.1, -0.05) is 6.07 Å². The molecule has 124 valence electrons. The molecule has 6 nitrogen and oxygen atoms in total. The van der Waals surface area contributed by atoms with E-state index in [9.17, 15) is 8.42 Å². The Morgan fingerprint density at radius 2 is 2.23 bits per heavy atom. The van der Waals surface area contributed by atoms with Gasteiger partial charge in [0.1, 0.15) is 5.75 Å². The predicted octanol–water partition coefficient (Wildman–Crippen LogP) is 1.13. The molecule has 1 aromatic carbocycles. The first-order valence-corrected chi connectivity index (χ1v) is 8.96. The van der Waals surface area contributed by atoms with Crippen LogP contribution < -0.4 is 14.8 Å². The standard InChI is InChI=1S/C15H24N2O4S/c1-3-21-13-6-4-7-14(10-13)22(18,19)17-11-15(12-20-2)8-5-9-16-15/h4,6-7,10,16-17H,3,5,8-9,11-12H2,1-2H3. The molecule has 2 N–H and O–H groups in total. The number of rotatable bonds is 8. The van der Waals surface area contributed by atoms with Crippen molar-refractivity contribution in [2.75, 3.05) is 33.4 Å². The van der Waals surface area contributed by atoms with Crippen LogP contribution in [0.15, 0.2) is 29.2 Å². The van der Waals surface area contributed by atoms with Crippen molar-refractivity contribution in [3.05, 3.63) is 24.3 Å². The van der Waals surface area contributed by atoms with Gasteiger partial charge in [0.05, 0.1) is 23.6 Å². The zero-order chi connectivity index (χ0) is 16.1. The second-order valence-corrected chi connectivity index (χ2v) is 7.24. The SMILES string of the molecule is CCOc1cccc(S(=O)(=O)NCC2(COC)CCCN2)c1. The molecule has 0 saturated carbocycles. The van der Waals surface area contributed by atoms with Crippen LogP contribution in [0.5, 0.6) is 5.75 Å². The molecule has 0 bridgehead atoms. The van der Waals surface area contributed by atoms with E-state index in [0.29, 0.717) is 25.5 Å². The van der Waals surface area contributed by atoms with Crippen LogP contribution in [-0.2, 0) is 14.8 Å². The molecule has 1 fully saturated rings. The van der Waals surface area contributed by atoms with Gasteiger partial charge in [-0.05, 0) is 38.4 Å². The second-order valence-electron chi connectivity index (χ2n) is 5.48. The Hall–Kier alpha value is -1.15. The van der Waals surface area contributed by atoms with Crippen molar-refractivity contribution < 1.29 is 17.9 Å². The first kappa shape index (κ1) is 17.2. The van der Waals surface area contributed by atoms with Crippen molar-refractivity contribution in [2.45, 2.75) is 30.2 Å². The molecule has 0 aliphatic carbocycles. The fourth-order valence-corrected chi connectivity index (χ4v) is 3.85. The average Bonchev–Trinajstić information content (AvgIpc) is 2.96. The highest BCUT2D eigenvalue weighted by molar-refractivity contribution is 7.89. The molecule has 0 amide bonds. The van der Waals surface area contributed by atoms with E-state index < -0.39 is 10.0 Å². The number of nitrogens with one attached hydrogen (secondary N) is 2. The van der Waals surface area contributed by atoms with Crippen LogP contribution in [-0.4, -0.2) is 47.4 Å². The van der Waals surface area contributed by atoms with Gasteiger partial charge >= 0.3 is 0 Å². The van der Waals surface area contributed by atoms with Crippen LogP contribution >= 0.6 is 0 Å². The maximum Gasteiger partial charge on any atom is 0.240 e. The second kappa shape index (κ2) is 7.41. The lowest BCUT2D eigenvalue weighted by Gasteiger charge is -2.28. The van der Waals surface area contributed by atoms with Crippen LogP contribution in [0.3, 0.4) is 0 Å². The Labute approximate surface area is 132 Å². The van der Waals surface area contributed by atoms with Gasteiger partial charge < -0.3 is 14.8 Å². The molecule has 1 unspecified atom stereocenters. The molecule has 1 aromatic rings. The first-order valence-electron chi connectivity index (χ1n) is 7.48. The molecule has 0 radical (unpaired) electrons. The Bertz CT molecular complexity index is 583. The molecule has 22 heavy (non-hydrogen) atoms. The lowest BCUT2D eigenvalue weighted by atomic mass is 9.99. The number of ether oxygens (including phenoxy) is 2. The summed E-state index contributed by atoms with van der Waals surface area (Å²) in [4.78, 5) is 0.212. The van der Waals surface area contributed by atoms with Crippen molar-refractivity contribution in [3.8, 4) is 5.75 Å². The van der Waals surface area contributed by atoms with E-state index in [0.717, 1.165) is 19.4 Å². The van der Waals surface area contributed by atoms with Gasteiger partial charge in [0.15, 0.2) is 0 Å². The monoisotopic (exact) mass is 328 g/mol. The van der Waals surface area contributed by atoms with E-state index in [2.05, 4.69) is 10.0 Å². The molecule has 1 saturated heterocycles. The Kier molecular flexibility index (Phi) is 5.80. The third kappa shape index (κ3) is 4.19. The highest BCUT2D eigenvalue weighted by Crippen LogP contribution is 2.21. The molecule has 0 spiro atoms. The van der Waals surface area contributed by atoms with Gasteiger partial charge in [-0.15, -0.1) is 0 Å². The number of methoxy groups -OCH3 is 1. The van der Waals surface area contributed by atoms with Gasteiger partial charge in [-0.3, -0.25) is 0 Å². The lowest BCUT2D eigenvalue weighted by molar-refractivity contribution is 0.122. The van der Waals surface area contributed by atoms with Crippen LogP contribution in [0.4, 0.5) is 0 Å². The van der Waals surface area contributed by atoms with Gasteiger partial charge in [-0.2, -0.15) is 0 Å². The van der Waals surface area contributed by atoms with E-state index in [1.807, 2.05) is 6.92 Å². The minimum atomic E-state index is -3.57. The van der Waals surface area contributed by atoms with Crippen molar-refractivity contribution in [2.24, 2.45) is 0 Å². The Morgan fingerprint density at radius 1 is 1.41 bits per heavy atom. The number of benzene rings is 1. The van der Waals surface area contributed by atoms with E-state index in [1.165, 1.54) is 6.07 Å². The highest BCUT2D eigenvalue weighted by atomic mass is 32.2. The average molecular weight is 328 g/mol. The van der Waals surface area contributed by atoms with Crippen molar-refractivity contribution in [1.82, 2.24) is 10.0 Å². The summed E-state index contributed by atoms with van der Waals surface area (Å²) in [7, 11) is -1.94. The third-order valence-electron chi connectivity index (χ3n) is 3.78. The number of hydrogen-bond donors (Lipinski definition) is 2.